The molecule has 4 heteroatoms. The van der Waals surface area contributed by atoms with E-state index in [0.29, 0.717) is 6.42 Å². The SMILES string of the molecule is O=C1CC(NCCC2CCCCC2)C(=O)N1C1CC1. The van der Waals surface area contributed by atoms with Gasteiger partial charge in [-0.25, -0.2) is 0 Å². The zero-order valence-corrected chi connectivity index (χ0v) is 11.6. The van der Waals surface area contributed by atoms with Crippen LogP contribution in [0.1, 0.15) is 57.8 Å². The van der Waals surface area contributed by atoms with E-state index in [2.05, 4.69) is 5.32 Å². The monoisotopic (exact) mass is 264 g/mol. The summed E-state index contributed by atoms with van der Waals surface area (Å²) in [5.74, 6) is 0.881. The van der Waals surface area contributed by atoms with E-state index >= 15 is 0 Å². The average Bonchev–Trinajstić information content (AvgIpc) is 3.19. The van der Waals surface area contributed by atoms with Crippen molar-refractivity contribution in [2.45, 2.75) is 69.9 Å². The molecule has 3 aliphatic rings. The van der Waals surface area contributed by atoms with Gasteiger partial charge in [0.1, 0.15) is 0 Å². The van der Waals surface area contributed by atoms with Crippen LogP contribution in [0.3, 0.4) is 0 Å². The van der Waals surface area contributed by atoms with E-state index in [1.807, 2.05) is 0 Å². The number of imide groups is 1. The first kappa shape index (κ1) is 13.1. The Morgan fingerprint density at radius 3 is 2.47 bits per heavy atom. The van der Waals surface area contributed by atoms with Crippen LogP contribution in [0.4, 0.5) is 0 Å². The number of carbonyl (C=O) groups excluding carboxylic acids is 2. The van der Waals surface area contributed by atoms with Crippen LogP contribution in [-0.4, -0.2) is 35.3 Å². The van der Waals surface area contributed by atoms with Crippen LogP contribution in [0.15, 0.2) is 0 Å². The minimum Gasteiger partial charge on any atom is -0.305 e. The second-order valence-corrected chi connectivity index (χ2v) is 6.34. The number of rotatable bonds is 5. The Morgan fingerprint density at radius 1 is 1.05 bits per heavy atom. The second-order valence-electron chi connectivity index (χ2n) is 6.34. The van der Waals surface area contributed by atoms with Gasteiger partial charge in [0, 0.05) is 6.04 Å². The lowest BCUT2D eigenvalue weighted by Crippen LogP contribution is -2.40. The average molecular weight is 264 g/mol. The molecule has 2 aliphatic carbocycles. The maximum Gasteiger partial charge on any atom is 0.247 e. The van der Waals surface area contributed by atoms with Gasteiger partial charge < -0.3 is 5.32 Å². The van der Waals surface area contributed by atoms with E-state index in [-0.39, 0.29) is 23.9 Å². The number of hydrogen-bond acceptors (Lipinski definition) is 3. The van der Waals surface area contributed by atoms with Crippen LogP contribution in [0.25, 0.3) is 0 Å². The molecule has 1 unspecified atom stereocenters. The molecule has 3 fully saturated rings. The summed E-state index contributed by atoms with van der Waals surface area (Å²) in [6.45, 7) is 0.882. The van der Waals surface area contributed by atoms with Crippen LogP contribution in [0.5, 0.6) is 0 Å². The first-order valence-electron chi connectivity index (χ1n) is 7.85. The number of nitrogens with zero attached hydrogens (tertiary/aromatic N) is 1. The highest BCUT2D eigenvalue weighted by Gasteiger charge is 2.45. The Hall–Kier alpha value is -0.900. The van der Waals surface area contributed by atoms with Gasteiger partial charge in [0.15, 0.2) is 0 Å². The van der Waals surface area contributed by atoms with E-state index in [4.69, 9.17) is 0 Å². The van der Waals surface area contributed by atoms with Gasteiger partial charge in [0.2, 0.25) is 11.8 Å². The van der Waals surface area contributed by atoms with Crippen molar-refractivity contribution in [2.75, 3.05) is 6.54 Å². The number of hydrogen-bond donors (Lipinski definition) is 1. The number of likely N-dealkylation sites (tertiary alicyclic amines) is 1. The minimum absolute atomic E-state index is 0.0242. The molecule has 1 saturated heterocycles. The van der Waals surface area contributed by atoms with Crippen molar-refractivity contribution in [3.8, 4) is 0 Å². The molecular weight excluding hydrogens is 240 g/mol. The zero-order valence-electron chi connectivity index (χ0n) is 11.6. The molecule has 1 heterocycles. The van der Waals surface area contributed by atoms with Crippen molar-refractivity contribution < 1.29 is 9.59 Å². The molecule has 1 atom stereocenters. The molecule has 2 amide bonds. The summed E-state index contributed by atoms with van der Waals surface area (Å²) < 4.78 is 0. The Labute approximate surface area is 114 Å². The van der Waals surface area contributed by atoms with E-state index in [0.717, 1.165) is 31.7 Å². The molecule has 0 spiro atoms. The summed E-state index contributed by atoms with van der Waals surface area (Å²) in [6.07, 6.45) is 10.3. The third-order valence-corrected chi connectivity index (χ3v) is 4.76. The molecule has 106 valence electrons. The van der Waals surface area contributed by atoms with Crippen molar-refractivity contribution in [2.24, 2.45) is 5.92 Å². The second kappa shape index (κ2) is 5.61. The smallest absolute Gasteiger partial charge is 0.247 e. The molecule has 0 radical (unpaired) electrons. The molecule has 0 aromatic rings. The van der Waals surface area contributed by atoms with Crippen LogP contribution < -0.4 is 5.32 Å². The predicted molar refractivity (Wildman–Crippen MR) is 72.5 cm³/mol. The number of carbonyl (C=O) groups is 2. The Bertz CT molecular complexity index is 359. The van der Waals surface area contributed by atoms with Crippen molar-refractivity contribution in [1.29, 1.82) is 0 Å². The fourth-order valence-corrected chi connectivity index (χ4v) is 3.46. The maximum atomic E-state index is 12.1. The Kier molecular flexibility index (Phi) is 3.87. The first-order chi connectivity index (χ1) is 9.25. The topological polar surface area (TPSA) is 49.4 Å². The van der Waals surface area contributed by atoms with Crippen LogP contribution in [0.2, 0.25) is 0 Å². The van der Waals surface area contributed by atoms with E-state index in [1.54, 1.807) is 0 Å². The van der Waals surface area contributed by atoms with Gasteiger partial charge in [0.05, 0.1) is 12.5 Å². The molecule has 2 saturated carbocycles. The van der Waals surface area contributed by atoms with Crippen molar-refractivity contribution in [3.05, 3.63) is 0 Å². The molecule has 19 heavy (non-hydrogen) atoms. The minimum atomic E-state index is -0.239. The van der Waals surface area contributed by atoms with Gasteiger partial charge in [-0.3, -0.25) is 14.5 Å². The molecule has 4 nitrogen and oxygen atoms in total. The van der Waals surface area contributed by atoms with Crippen LogP contribution in [-0.2, 0) is 9.59 Å². The highest BCUT2D eigenvalue weighted by atomic mass is 16.2. The largest absolute Gasteiger partial charge is 0.305 e. The van der Waals surface area contributed by atoms with E-state index in [9.17, 15) is 9.59 Å². The third-order valence-electron chi connectivity index (χ3n) is 4.76. The summed E-state index contributed by atoms with van der Waals surface area (Å²) in [4.78, 5) is 25.4. The highest BCUT2D eigenvalue weighted by molar-refractivity contribution is 6.06. The van der Waals surface area contributed by atoms with Gasteiger partial charge in [-0.15, -0.1) is 0 Å². The molecule has 0 aromatic heterocycles. The van der Waals surface area contributed by atoms with E-state index < -0.39 is 0 Å². The van der Waals surface area contributed by atoms with Crippen molar-refractivity contribution >= 4 is 11.8 Å². The first-order valence-corrected chi connectivity index (χ1v) is 7.85. The summed E-state index contributed by atoms with van der Waals surface area (Å²) in [5.41, 5.74) is 0. The normalized spacial score (nSPS) is 29.3. The van der Waals surface area contributed by atoms with Gasteiger partial charge in [-0.1, -0.05) is 32.1 Å². The lowest BCUT2D eigenvalue weighted by Gasteiger charge is -2.22. The van der Waals surface area contributed by atoms with Crippen molar-refractivity contribution in [3.63, 3.8) is 0 Å². The van der Waals surface area contributed by atoms with Crippen LogP contribution in [0, 0.1) is 5.92 Å². The van der Waals surface area contributed by atoms with Gasteiger partial charge in [0.25, 0.3) is 0 Å². The Balaban J connectivity index is 1.42. The molecule has 1 N–H and O–H groups in total. The van der Waals surface area contributed by atoms with Gasteiger partial charge in [-0.05, 0) is 31.7 Å². The number of nitrogens with one attached hydrogen (secondary N) is 1. The standard InChI is InChI=1S/C15H24N2O2/c18-14-10-13(15(19)17(14)12-6-7-12)16-9-8-11-4-2-1-3-5-11/h11-13,16H,1-10H2. The highest BCUT2D eigenvalue weighted by Crippen LogP contribution is 2.31. The molecular formula is C15H24N2O2. The fourth-order valence-electron chi connectivity index (χ4n) is 3.46. The molecule has 1 aliphatic heterocycles. The number of amides is 2. The van der Waals surface area contributed by atoms with Gasteiger partial charge >= 0.3 is 0 Å². The molecule has 3 rings (SSSR count). The maximum absolute atomic E-state index is 12.1. The summed E-state index contributed by atoms with van der Waals surface area (Å²) >= 11 is 0. The van der Waals surface area contributed by atoms with Gasteiger partial charge in [-0.2, -0.15) is 0 Å². The fraction of sp³-hybridized carbons (Fsp3) is 0.867. The lowest BCUT2D eigenvalue weighted by molar-refractivity contribution is -0.139. The Morgan fingerprint density at radius 2 is 1.79 bits per heavy atom. The van der Waals surface area contributed by atoms with Crippen LogP contribution >= 0.6 is 0 Å². The molecule has 0 aromatic carbocycles. The lowest BCUT2D eigenvalue weighted by atomic mass is 9.87. The zero-order chi connectivity index (χ0) is 13.2. The van der Waals surface area contributed by atoms with E-state index in [1.165, 1.54) is 37.0 Å². The predicted octanol–water partition coefficient (Wildman–Crippen LogP) is 1.84. The van der Waals surface area contributed by atoms with Crippen molar-refractivity contribution in [1.82, 2.24) is 10.2 Å². The molecule has 0 bridgehead atoms. The third kappa shape index (κ3) is 2.99. The summed E-state index contributed by atoms with van der Waals surface area (Å²) in [6, 6.07) is -0.0122. The summed E-state index contributed by atoms with van der Waals surface area (Å²) in [5, 5.41) is 3.31. The summed E-state index contributed by atoms with van der Waals surface area (Å²) in [7, 11) is 0. The quantitative estimate of drug-likeness (QED) is 0.771.